The minimum atomic E-state index is -0.143. The largest absolute Gasteiger partial charge is 0.392 e. The highest BCUT2D eigenvalue weighted by Crippen LogP contribution is 2.01. The third-order valence-electron chi connectivity index (χ3n) is 2.39. The van der Waals surface area contributed by atoms with E-state index >= 15 is 0 Å². The lowest BCUT2D eigenvalue weighted by Gasteiger charge is -2.32. The SMILES string of the molecule is CCC(O)CN1CCNC(C)C1. The fourth-order valence-corrected chi connectivity index (χ4v) is 1.61. The van der Waals surface area contributed by atoms with Crippen molar-refractivity contribution in [1.82, 2.24) is 10.2 Å². The maximum Gasteiger partial charge on any atom is 0.0664 e. The third kappa shape index (κ3) is 3.09. The van der Waals surface area contributed by atoms with Gasteiger partial charge in [0.1, 0.15) is 0 Å². The van der Waals surface area contributed by atoms with Crippen molar-refractivity contribution in [2.24, 2.45) is 0 Å². The van der Waals surface area contributed by atoms with E-state index in [-0.39, 0.29) is 6.10 Å². The number of aliphatic hydroxyl groups is 1. The molecular weight excluding hydrogens is 152 g/mol. The molecule has 2 unspecified atom stereocenters. The molecule has 0 aromatic carbocycles. The first kappa shape index (κ1) is 9.96. The molecule has 1 aliphatic heterocycles. The van der Waals surface area contributed by atoms with Gasteiger partial charge in [0.25, 0.3) is 0 Å². The molecule has 0 aliphatic carbocycles. The smallest absolute Gasteiger partial charge is 0.0664 e. The monoisotopic (exact) mass is 172 g/mol. The van der Waals surface area contributed by atoms with Crippen LogP contribution in [0.2, 0.25) is 0 Å². The first-order valence-electron chi connectivity index (χ1n) is 4.86. The van der Waals surface area contributed by atoms with Crippen molar-refractivity contribution in [2.75, 3.05) is 26.2 Å². The summed E-state index contributed by atoms with van der Waals surface area (Å²) in [6.07, 6.45) is 0.716. The minimum Gasteiger partial charge on any atom is -0.392 e. The molecule has 2 N–H and O–H groups in total. The van der Waals surface area contributed by atoms with Gasteiger partial charge in [0, 0.05) is 32.2 Å². The second-order valence-corrected chi connectivity index (χ2v) is 3.68. The van der Waals surface area contributed by atoms with Gasteiger partial charge >= 0.3 is 0 Å². The summed E-state index contributed by atoms with van der Waals surface area (Å²) in [5.74, 6) is 0. The van der Waals surface area contributed by atoms with Gasteiger partial charge in [0.15, 0.2) is 0 Å². The molecule has 72 valence electrons. The summed E-state index contributed by atoms with van der Waals surface area (Å²) in [6, 6.07) is 0.572. The molecule has 3 heteroatoms. The summed E-state index contributed by atoms with van der Waals surface area (Å²) in [6.45, 7) is 8.24. The van der Waals surface area contributed by atoms with E-state index in [9.17, 15) is 5.11 Å². The average Bonchev–Trinajstić information content (AvgIpc) is 2.04. The van der Waals surface area contributed by atoms with Crippen LogP contribution in [0.4, 0.5) is 0 Å². The Labute approximate surface area is 74.8 Å². The molecule has 0 spiro atoms. The summed E-state index contributed by atoms with van der Waals surface area (Å²) < 4.78 is 0. The van der Waals surface area contributed by atoms with Crippen LogP contribution in [-0.2, 0) is 0 Å². The van der Waals surface area contributed by atoms with Gasteiger partial charge in [-0.2, -0.15) is 0 Å². The quantitative estimate of drug-likeness (QED) is 0.631. The van der Waals surface area contributed by atoms with Crippen LogP contribution in [0.1, 0.15) is 20.3 Å². The fraction of sp³-hybridized carbons (Fsp3) is 1.00. The molecule has 1 saturated heterocycles. The molecule has 0 amide bonds. The molecule has 0 aromatic heterocycles. The highest BCUT2D eigenvalue weighted by atomic mass is 16.3. The van der Waals surface area contributed by atoms with E-state index in [1.807, 2.05) is 6.92 Å². The number of piperazine rings is 1. The highest BCUT2D eigenvalue weighted by Gasteiger charge is 2.16. The Morgan fingerprint density at radius 3 is 3.00 bits per heavy atom. The van der Waals surface area contributed by atoms with Gasteiger partial charge in [-0.15, -0.1) is 0 Å². The number of aliphatic hydroxyl groups excluding tert-OH is 1. The van der Waals surface area contributed by atoms with Crippen molar-refractivity contribution in [3.63, 3.8) is 0 Å². The number of hydrogen-bond acceptors (Lipinski definition) is 3. The first-order chi connectivity index (χ1) is 5.72. The summed E-state index contributed by atoms with van der Waals surface area (Å²) in [5, 5.41) is 12.8. The fourth-order valence-electron chi connectivity index (χ4n) is 1.61. The Kier molecular flexibility index (Phi) is 3.98. The lowest BCUT2D eigenvalue weighted by atomic mass is 10.2. The Morgan fingerprint density at radius 2 is 2.42 bits per heavy atom. The van der Waals surface area contributed by atoms with Crippen molar-refractivity contribution >= 4 is 0 Å². The zero-order chi connectivity index (χ0) is 8.97. The van der Waals surface area contributed by atoms with Gasteiger partial charge in [-0.05, 0) is 13.3 Å². The molecular formula is C9H20N2O. The molecule has 3 nitrogen and oxygen atoms in total. The molecule has 0 aromatic rings. The molecule has 1 rings (SSSR count). The Morgan fingerprint density at radius 1 is 1.67 bits per heavy atom. The van der Waals surface area contributed by atoms with Gasteiger partial charge < -0.3 is 10.4 Å². The van der Waals surface area contributed by atoms with Gasteiger partial charge in [-0.3, -0.25) is 4.90 Å². The molecule has 0 radical (unpaired) electrons. The van der Waals surface area contributed by atoms with Crippen LogP contribution in [0.25, 0.3) is 0 Å². The van der Waals surface area contributed by atoms with Gasteiger partial charge in [-0.25, -0.2) is 0 Å². The number of hydrogen-bond donors (Lipinski definition) is 2. The van der Waals surface area contributed by atoms with E-state index in [4.69, 9.17) is 0 Å². The van der Waals surface area contributed by atoms with Crippen molar-refractivity contribution < 1.29 is 5.11 Å². The molecule has 0 saturated carbocycles. The number of nitrogens with one attached hydrogen (secondary N) is 1. The molecule has 2 atom stereocenters. The van der Waals surface area contributed by atoms with E-state index in [0.717, 1.165) is 32.6 Å². The van der Waals surface area contributed by atoms with E-state index in [1.165, 1.54) is 0 Å². The van der Waals surface area contributed by atoms with Crippen LogP contribution in [0.3, 0.4) is 0 Å². The highest BCUT2D eigenvalue weighted by molar-refractivity contribution is 4.76. The summed E-state index contributed by atoms with van der Waals surface area (Å²) in [4.78, 5) is 2.33. The molecule has 0 bridgehead atoms. The first-order valence-corrected chi connectivity index (χ1v) is 4.86. The zero-order valence-electron chi connectivity index (χ0n) is 8.08. The molecule has 1 aliphatic rings. The van der Waals surface area contributed by atoms with Crippen molar-refractivity contribution in [2.45, 2.75) is 32.4 Å². The van der Waals surface area contributed by atoms with Crippen molar-refractivity contribution in [1.29, 1.82) is 0 Å². The Hall–Kier alpha value is -0.120. The van der Waals surface area contributed by atoms with E-state index in [1.54, 1.807) is 0 Å². The predicted octanol–water partition coefficient (Wildman–Crippen LogP) is 0.0510. The zero-order valence-corrected chi connectivity index (χ0v) is 8.08. The lowest BCUT2D eigenvalue weighted by molar-refractivity contribution is 0.0935. The van der Waals surface area contributed by atoms with Crippen LogP contribution in [0, 0.1) is 0 Å². The summed E-state index contributed by atoms with van der Waals surface area (Å²) >= 11 is 0. The second kappa shape index (κ2) is 4.80. The maximum atomic E-state index is 9.43. The van der Waals surface area contributed by atoms with Crippen molar-refractivity contribution in [3.05, 3.63) is 0 Å². The minimum absolute atomic E-state index is 0.143. The maximum absolute atomic E-state index is 9.43. The van der Waals surface area contributed by atoms with E-state index in [2.05, 4.69) is 17.1 Å². The van der Waals surface area contributed by atoms with Gasteiger partial charge in [0.05, 0.1) is 6.10 Å². The number of nitrogens with zero attached hydrogens (tertiary/aromatic N) is 1. The Balaban J connectivity index is 2.22. The van der Waals surface area contributed by atoms with Gasteiger partial charge in [0.2, 0.25) is 0 Å². The van der Waals surface area contributed by atoms with E-state index < -0.39 is 0 Å². The predicted molar refractivity (Wildman–Crippen MR) is 50.2 cm³/mol. The Bertz CT molecular complexity index is 130. The normalized spacial score (nSPS) is 28.8. The third-order valence-corrected chi connectivity index (χ3v) is 2.39. The average molecular weight is 172 g/mol. The summed E-state index contributed by atoms with van der Waals surface area (Å²) in [7, 11) is 0. The standard InChI is InChI=1S/C9H20N2O/c1-3-9(12)7-11-5-4-10-8(2)6-11/h8-10,12H,3-7H2,1-2H3. The number of β-amino-alcohol motifs (C(OH)–C–C–N with tert-alkyl or cyclic N) is 1. The number of rotatable bonds is 3. The van der Waals surface area contributed by atoms with Crippen molar-refractivity contribution in [3.8, 4) is 0 Å². The van der Waals surface area contributed by atoms with Gasteiger partial charge in [-0.1, -0.05) is 6.92 Å². The molecule has 1 fully saturated rings. The van der Waals surface area contributed by atoms with Crippen LogP contribution in [-0.4, -0.2) is 48.3 Å². The lowest BCUT2D eigenvalue weighted by Crippen LogP contribution is -2.51. The van der Waals surface area contributed by atoms with Crippen LogP contribution >= 0.6 is 0 Å². The molecule has 12 heavy (non-hydrogen) atoms. The topological polar surface area (TPSA) is 35.5 Å². The van der Waals surface area contributed by atoms with Crippen LogP contribution < -0.4 is 5.32 Å². The summed E-state index contributed by atoms with van der Waals surface area (Å²) in [5.41, 5.74) is 0. The second-order valence-electron chi connectivity index (χ2n) is 3.68. The van der Waals surface area contributed by atoms with E-state index in [0.29, 0.717) is 6.04 Å². The van der Waals surface area contributed by atoms with Crippen LogP contribution in [0.5, 0.6) is 0 Å². The molecule has 1 heterocycles. The van der Waals surface area contributed by atoms with Crippen LogP contribution in [0.15, 0.2) is 0 Å².